The molecule has 4 heteroatoms. The molecule has 1 spiro atoms. The summed E-state index contributed by atoms with van der Waals surface area (Å²) in [6.07, 6.45) is 6.71. The maximum absolute atomic E-state index is 5.37. The molecule has 1 saturated carbocycles. The topological polar surface area (TPSA) is 51.0 Å². The van der Waals surface area contributed by atoms with Crippen molar-refractivity contribution in [3.05, 3.63) is 11.7 Å². The van der Waals surface area contributed by atoms with Crippen LogP contribution in [-0.2, 0) is 0 Å². The number of hydrogen-bond donors (Lipinski definition) is 1. The molecule has 16 heavy (non-hydrogen) atoms. The Balaban J connectivity index is 1.88. The fourth-order valence-corrected chi connectivity index (χ4v) is 3.39. The Bertz CT molecular complexity index is 368. The molecule has 1 aliphatic carbocycles. The third-order valence-corrected chi connectivity index (χ3v) is 4.26. The molecular formula is C12H19N3O. The maximum atomic E-state index is 5.37. The Morgan fingerprint density at radius 3 is 2.81 bits per heavy atom. The van der Waals surface area contributed by atoms with Crippen molar-refractivity contribution in [3.8, 4) is 0 Å². The number of rotatable bonds is 1. The molecule has 1 aromatic rings. The van der Waals surface area contributed by atoms with Gasteiger partial charge in [-0.05, 0) is 25.2 Å². The zero-order valence-corrected chi connectivity index (χ0v) is 9.83. The second-order valence-electron chi connectivity index (χ2n) is 5.29. The predicted octanol–water partition coefficient (Wildman–Crippen LogP) is 2.02. The highest BCUT2D eigenvalue weighted by Gasteiger charge is 2.46. The lowest BCUT2D eigenvalue weighted by Gasteiger charge is -2.36. The van der Waals surface area contributed by atoms with Gasteiger partial charge >= 0.3 is 0 Å². The number of nitrogens with zero attached hydrogens (tertiary/aromatic N) is 2. The zero-order valence-electron chi connectivity index (χ0n) is 9.83. The fourth-order valence-electron chi connectivity index (χ4n) is 3.39. The summed E-state index contributed by atoms with van der Waals surface area (Å²) in [6.45, 7) is 4.02. The largest absolute Gasteiger partial charge is 0.339 e. The Labute approximate surface area is 95.8 Å². The highest BCUT2D eigenvalue weighted by atomic mass is 16.5. The van der Waals surface area contributed by atoms with Gasteiger partial charge in [0, 0.05) is 13.1 Å². The average Bonchev–Trinajstić information content (AvgIpc) is 2.87. The van der Waals surface area contributed by atoms with Crippen LogP contribution in [0.25, 0.3) is 0 Å². The summed E-state index contributed by atoms with van der Waals surface area (Å²) in [4.78, 5) is 4.42. The summed E-state index contributed by atoms with van der Waals surface area (Å²) in [5, 5.41) is 7.44. The molecule has 0 amide bonds. The summed E-state index contributed by atoms with van der Waals surface area (Å²) in [7, 11) is 0. The van der Waals surface area contributed by atoms with Crippen LogP contribution in [0.4, 0.5) is 0 Å². The van der Waals surface area contributed by atoms with Crippen LogP contribution in [-0.4, -0.2) is 23.2 Å². The van der Waals surface area contributed by atoms with E-state index in [1.54, 1.807) is 0 Å². The number of aryl methyl sites for hydroxylation is 1. The first kappa shape index (κ1) is 10.3. The molecule has 88 valence electrons. The van der Waals surface area contributed by atoms with Gasteiger partial charge in [-0.25, -0.2) is 0 Å². The number of nitrogens with one attached hydrogen (secondary N) is 1. The smallest absolute Gasteiger partial charge is 0.231 e. The molecule has 2 heterocycles. The Morgan fingerprint density at radius 1 is 1.31 bits per heavy atom. The second-order valence-corrected chi connectivity index (χ2v) is 5.29. The number of aromatic nitrogens is 2. The normalized spacial score (nSPS) is 28.7. The Kier molecular flexibility index (Phi) is 2.46. The van der Waals surface area contributed by atoms with Crippen molar-refractivity contribution in [2.24, 2.45) is 5.41 Å². The van der Waals surface area contributed by atoms with E-state index in [9.17, 15) is 0 Å². The van der Waals surface area contributed by atoms with Gasteiger partial charge in [0.15, 0.2) is 5.82 Å². The fraction of sp³-hybridized carbons (Fsp3) is 0.833. The van der Waals surface area contributed by atoms with E-state index in [4.69, 9.17) is 4.52 Å². The van der Waals surface area contributed by atoms with E-state index >= 15 is 0 Å². The van der Waals surface area contributed by atoms with E-state index in [2.05, 4.69) is 15.5 Å². The van der Waals surface area contributed by atoms with Gasteiger partial charge in [0.1, 0.15) is 0 Å². The first-order valence-corrected chi connectivity index (χ1v) is 6.31. The summed E-state index contributed by atoms with van der Waals surface area (Å²) in [5.41, 5.74) is 0.400. The van der Waals surface area contributed by atoms with Crippen molar-refractivity contribution in [1.29, 1.82) is 0 Å². The van der Waals surface area contributed by atoms with E-state index < -0.39 is 0 Å². The third kappa shape index (κ3) is 1.56. The van der Waals surface area contributed by atoms with Crippen molar-refractivity contribution in [3.63, 3.8) is 0 Å². The van der Waals surface area contributed by atoms with Crippen molar-refractivity contribution >= 4 is 0 Å². The molecular weight excluding hydrogens is 202 g/mol. The minimum atomic E-state index is 0.400. The van der Waals surface area contributed by atoms with E-state index in [1.165, 1.54) is 32.1 Å². The van der Waals surface area contributed by atoms with Crippen LogP contribution in [0.3, 0.4) is 0 Å². The summed E-state index contributed by atoms with van der Waals surface area (Å²) < 4.78 is 5.37. The number of hydrogen-bond acceptors (Lipinski definition) is 4. The van der Waals surface area contributed by atoms with Gasteiger partial charge < -0.3 is 9.84 Å². The monoisotopic (exact) mass is 221 g/mol. The molecule has 1 saturated heterocycles. The molecule has 4 nitrogen and oxygen atoms in total. The second kappa shape index (κ2) is 3.84. The van der Waals surface area contributed by atoms with Crippen LogP contribution < -0.4 is 5.32 Å². The van der Waals surface area contributed by atoms with E-state index in [1.807, 2.05) is 6.92 Å². The molecule has 0 aromatic carbocycles. The van der Waals surface area contributed by atoms with Gasteiger partial charge in [-0.1, -0.05) is 24.4 Å². The lowest BCUT2D eigenvalue weighted by molar-refractivity contribution is 0.165. The first-order chi connectivity index (χ1) is 7.80. The molecule has 1 aliphatic heterocycles. The van der Waals surface area contributed by atoms with E-state index in [-0.39, 0.29) is 0 Å². The zero-order chi connectivity index (χ0) is 11.0. The van der Waals surface area contributed by atoms with Gasteiger partial charge in [0.05, 0.1) is 5.92 Å². The van der Waals surface area contributed by atoms with Gasteiger partial charge in [-0.15, -0.1) is 0 Å². The van der Waals surface area contributed by atoms with Crippen molar-refractivity contribution in [1.82, 2.24) is 15.5 Å². The summed E-state index contributed by atoms with van der Waals surface area (Å²) in [6, 6.07) is 0. The lowest BCUT2D eigenvalue weighted by atomic mass is 9.67. The standard InChI is InChI=1S/C12H19N3O/c1-9-14-11(16-15-9)10-7-13-8-12(10)5-3-2-4-6-12/h10,13H,2-8H2,1H3/t10-/m0/s1. The van der Waals surface area contributed by atoms with Crippen LogP contribution in [0.1, 0.15) is 49.7 Å². The summed E-state index contributed by atoms with van der Waals surface area (Å²) >= 11 is 0. The van der Waals surface area contributed by atoms with Gasteiger partial charge in [-0.3, -0.25) is 0 Å². The lowest BCUT2D eigenvalue weighted by Crippen LogP contribution is -2.31. The van der Waals surface area contributed by atoms with E-state index in [0.717, 1.165) is 24.8 Å². The predicted molar refractivity (Wildman–Crippen MR) is 60.2 cm³/mol. The Hall–Kier alpha value is -0.900. The van der Waals surface area contributed by atoms with Crippen LogP contribution in [0, 0.1) is 12.3 Å². The van der Waals surface area contributed by atoms with Crippen molar-refractivity contribution < 1.29 is 4.52 Å². The Morgan fingerprint density at radius 2 is 2.12 bits per heavy atom. The molecule has 1 atom stereocenters. The van der Waals surface area contributed by atoms with Crippen molar-refractivity contribution in [2.75, 3.05) is 13.1 Å². The molecule has 2 aliphatic rings. The molecule has 0 radical (unpaired) electrons. The van der Waals surface area contributed by atoms with Crippen LogP contribution in [0.2, 0.25) is 0 Å². The van der Waals surface area contributed by atoms with E-state index in [0.29, 0.717) is 11.3 Å². The molecule has 0 unspecified atom stereocenters. The van der Waals surface area contributed by atoms with Crippen LogP contribution >= 0.6 is 0 Å². The molecule has 2 fully saturated rings. The minimum Gasteiger partial charge on any atom is -0.339 e. The quantitative estimate of drug-likeness (QED) is 0.788. The highest BCUT2D eigenvalue weighted by molar-refractivity contribution is 5.09. The van der Waals surface area contributed by atoms with Gasteiger partial charge in [0.25, 0.3) is 0 Å². The van der Waals surface area contributed by atoms with Crippen LogP contribution in [0.5, 0.6) is 0 Å². The summed E-state index contributed by atoms with van der Waals surface area (Å²) in [5.74, 6) is 2.05. The molecule has 1 aromatic heterocycles. The SMILES string of the molecule is Cc1noc([C@@H]2CNCC23CCCCC3)n1. The maximum Gasteiger partial charge on any atom is 0.231 e. The molecule has 3 rings (SSSR count). The molecule has 0 bridgehead atoms. The molecule has 1 N–H and O–H groups in total. The average molecular weight is 221 g/mol. The van der Waals surface area contributed by atoms with Crippen molar-refractivity contribution in [2.45, 2.75) is 44.9 Å². The highest BCUT2D eigenvalue weighted by Crippen LogP contribution is 2.48. The first-order valence-electron chi connectivity index (χ1n) is 6.31. The van der Waals surface area contributed by atoms with Gasteiger partial charge in [0.2, 0.25) is 5.89 Å². The van der Waals surface area contributed by atoms with Crippen LogP contribution in [0.15, 0.2) is 4.52 Å². The third-order valence-electron chi connectivity index (χ3n) is 4.26. The van der Waals surface area contributed by atoms with Gasteiger partial charge in [-0.2, -0.15) is 4.98 Å². The minimum absolute atomic E-state index is 0.400.